The van der Waals surface area contributed by atoms with Crippen molar-refractivity contribution in [1.82, 2.24) is 0 Å². The lowest BCUT2D eigenvalue weighted by atomic mass is 10.3. The second kappa shape index (κ2) is 8.18. The molecule has 0 bridgehead atoms. The predicted octanol–water partition coefficient (Wildman–Crippen LogP) is 3.14. The first kappa shape index (κ1) is 13.1. The molecule has 1 rings (SSSR count). The van der Waals surface area contributed by atoms with Crippen LogP contribution < -0.4 is 4.74 Å². The van der Waals surface area contributed by atoms with Gasteiger partial charge >= 0.3 is 0 Å². The summed E-state index contributed by atoms with van der Waals surface area (Å²) in [6.45, 7) is 0.331. The molecule has 0 saturated carbocycles. The zero-order valence-corrected chi connectivity index (χ0v) is 10.1. The standard InChI is InChI=1S/C15H11ClO/c1-2-3-4-5-6-7-8-12-17-15-11-9-10-14(16)13-15/h1,9-11,13H,3,6,12H2. The van der Waals surface area contributed by atoms with Gasteiger partial charge in [0.25, 0.3) is 0 Å². The molecule has 1 aromatic rings. The molecule has 1 aromatic carbocycles. The quantitative estimate of drug-likeness (QED) is 0.724. The molecule has 0 heterocycles. The summed E-state index contributed by atoms with van der Waals surface area (Å²) < 4.78 is 5.38. The van der Waals surface area contributed by atoms with Crippen LogP contribution in [-0.4, -0.2) is 6.61 Å². The number of hydrogen-bond acceptors (Lipinski definition) is 1. The highest BCUT2D eigenvalue weighted by atomic mass is 35.5. The molecule has 0 spiro atoms. The molecule has 0 saturated heterocycles. The maximum Gasteiger partial charge on any atom is 0.149 e. The van der Waals surface area contributed by atoms with Crippen molar-refractivity contribution in [2.75, 3.05) is 6.61 Å². The summed E-state index contributed by atoms with van der Waals surface area (Å²) in [6.07, 6.45) is 6.04. The molecule has 17 heavy (non-hydrogen) atoms. The third kappa shape index (κ3) is 6.21. The van der Waals surface area contributed by atoms with Gasteiger partial charge in [-0.05, 0) is 18.2 Å². The van der Waals surface area contributed by atoms with Crippen molar-refractivity contribution < 1.29 is 4.74 Å². The van der Waals surface area contributed by atoms with Gasteiger partial charge in [-0.1, -0.05) is 47.3 Å². The van der Waals surface area contributed by atoms with E-state index < -0.39 is 0 Å². The zero-order valence-electron chi connectivity index (χ0n) is 9.29. The van der Waals surface area contributed by atoms with Crippen LogP contribution in [0.25, 0.3) is 0 Å². The monoisotopic (exact) mass is 242 g/mol. The molecule has 0 unspecified atom stereocenters. The highest BCUT2D eigenvalue weighted by Gasteiger charge is 1.91. The molecule has 1 nitrogen and oxygen atoms in total. The predicted molar refractivity (Wildman–Crippen MR) is 70.6 cm³/mol. The zero-order chi connectivity index (χ0) is 12.3. The normalized spacial score (nSPS) is 8.00. The lowest BCUT2D eigenvalue weighted by Gasteiger charge is -2.00. The van der Waals surface area contributed by atoms with Gasteiger partial charge in [0.2, 0.25) is 0 Å². The van der Waals surface area contributed by atoms with Crippen molar-refractivity contribution in [3.05, 3.63) is 29.3 Å². The van der Waals surface area contributed by atoms with Crippen molar-refractivity contribution >= 4 is 11.6 Å². The van der Waals surface area contributed by atoms with E-state index in [2.05, 4.69) is 29.6 Å². The number of benzene rings is 1. The van der Waals surface area contributed by atoms with E-state index in [1.165, 1.54) is 0 Å². The van der Waals surface area contributed by atoms with Crippen LogP contribution in [0.15, 0.2) is 24.3 Å². The fraction of sp³-hybridized carbons (Fsp3) is 0.200. The first-order valence-corrected chi connectivity index (χ1v) is 5.44. The molecule has 0 amide bonds. The van der Waals surface area contributed by atoms with E-state index in [-0.39, 0.29) is 0 Å². The SMILES string of the molecule is C#CCC#CCC#CCOc1cccc(Cl)c1. The van der Waals surface area contributed by atoms with E-state index in [1.54, 1.807) is 12.1 Å². The van der Waals surface area contributed by atoms with Gasteiger partial charge in [-0.25, -0.2) is 0 Å². The smallest absolute Gasteiger partial charge is 0.149 e. The van der Waals surface area contributed by atoms with Crippen LogP contribution in [0.5, 0.6) is 5.75 Å². The average molecular weight is 243 g/mol. The Morgan fingerprint density at radius 1 is 1.12 bits per heavy atom. The van der Waals surface area contributed by atoms with E-state index in [0.717, 1.165) is 0 Å². The maximum absolute atomic E-state index is 5.81. The van der Waals surface area contributed by atoms with Crippen LogP contribution >= 0.6 is 11.6 Å². The molecule has 0 aliphatic carbocycles. The van der Waals surface area contributed by atoms with Gasteiger partial charge in [0.1, 0.15) is 12.4 Å². The van der Waals surface area contributed by atoms with Crippen molar-refractivity contribution in [1.29, 1.82) is 0 Å². The summed E-state index contributed by atoms with van der Waals surface area (Å²) in [6, 6.07) is 7.20. The Hall–Kier alpha value is -2.01. The lowest BCUT2D eigenvalue weighted by Crippen LogP contribution is -1.93. The Kier molecular flexibility index (Phi) is 6.28. The van der Waals surface area contributed by atoms with Crippen molar-refractivity contribution in [3.63, 3.8) is 0 Å². The number of ether oxygens (including phenoxy) is 1. The highest BCUT2D eigenvalue weighted by molar-refractivity contribution is 6.30. The van der Waals surface area contributed by atoms with Crippen molar-refractivity contribution in [2.45, 2.75) is 12.8 Å². The molecule has 0 atom stereocenters. The molecular formula is C15H11ClO. The third-order valence-corrected chi connectivity index (χ3v) is 1.96. The molecule has 0 fully saturated rings. The van der Waals surface area contributed by atoms with Crippen LogP contribution in [0.3, 0.4) is 0 Å². The Balaban J connectivity index is 2.27. The summed E-state index contributed by atoms with van der Waals surface area (Å²) in [5.41, 5.74) is 0. The van der Waals surface area contributed by atoms with Crippen LogP contribution in [-0.2, 0) is 0 Å². The van der Waals surface area contributed by atoms with E-state index in [0.29, 0.717) is 30.2 Å². The van der Waals surface area contributed by atoms with Gasteiger partial charge in [0, 0.05) is 5.02 Å². The fourth-order valence-electron chi connectivity index (χ4n) is 1.01. The number of halogens is 1. The number of rotatable bonds is 2. The maximum atomic E-state index is 5.81. The Morgan fingerprint density at radius 2 is 1.88 bits per heavy atom. The topological polar surface area (TPSA) is 9.23 Å². The van der Waals surface area contributed by atoms with E-state index >= 15 is 0 Å². The highest BCUT2D eigenvalue weighted by Crippen LogP contribution is 2.16. The van der Waals surface area contributed by atoms with Crippen LogP contribution in [0.4, 0.5) is 0 Å². The summed E-state index contributed by atoms with van der Waals surface area (Å²) in [4.78, 5) is 0. The van der Waals surface area contributed by atoms with Gasteiger partial charge in [0.05, 0.1) is 12.8 Å². The summed E-state index contributed by atoms with van der Waals surface area (Å²) in [5, 5.41) is 0.649. The summed E-state index contributed by atoms with van der Waals surface area (Å²) >= 11 is 5.81. The van der Waals surface area contributed by atoms with E-state index in [9.17, 15) is 0 Å². The molecule has 2 heteroatoms. The van der Waals surface area contributed by atoms with Gasteiger partial charge in [-0.15, -0.1) is 6.42 Å². The van der Waals surface area contributed by atoms with E-state index in [1.807, 2.05) is 12.1 Å². The first-order valence-electron chi connectivity index (χ1n) is 5.06. The van der Waals surface area contributed by atoms with Gasteiger partial charge in [-0.2, -0.15) is 0 Å². The van der Waals surface area contributed by atoms with E-state index in [4.69, 9.17) is 22.8 Å². The van der Waals surface area contributed by atoms with Crippen molar-refractivity contribution in [2.24, 2.45) is 0 Å². The number of hydrogen-bond donors (Lipinski definition) is 0. The second-order valence-electron chi connectivity index (χ2n) is 3.01. The van der Waals surface area contributed by atoms with Gasteiger partial charge in [-0.3, -0.25) is 0 Å². The Bertz CT molecular complexity index is 518. The molecule has 0 N–H and O–H groups in total. The Labute approximate surface area is 107 Å². The fourth-order valence-corrected chi connectivity index (χ4v) is 1.19. The third-order valence-electron chi connectivity index (χ3n) is 1.72. The van der Waals surface area contributed by atoms with Crippen LogP contribution in [0, 0.1) is 36.0 Å². The minimum atomic E-state index is 0.331. The minimum Gasteiger partial charge on any atom is -0.481 e. The van der Waals surface area contributed by atoms with Crippen LogP contribution in [0.2, 0.25) is 5.02 Å². The molecular weight excluding hydrogens is 232 g/mol. The van der Waals surface area contributed by atoms with Gasteiger partial charge < -0.3 is 4.74 Å². The van der Waals surface area contributed by atoms with Crippen LogP contribution in [0.1, 0.15) is 12.8 Å². The molecule has 0 aliphatic heterocycles. The summed E-state index contributed by atoms with van der Waals surface area (Å²) in [7, 11) is 0. The molecule has 84 valence electrons. The lowest BCUT2D eigenvalue weighted by molar-refractivity contribution is 0.370. The van der Waals surface area contributed by atoms with Crippen molar-refractivity contribution in [3.8, 4) is 41.8 Å². The first-order chi connectivity index (χ1) is 8.33. The average Bonchev–Trinajstić information content (AvgIpc) is 2.33. The number of terminal acetylenes is 1. The molecule has 0 aromatic heterocycles. The summed E-state index contributed by atoms with van der Waals surface area (Å²) in [5.74, 6) is 14.5. The molecule has 0 radical (unpaired) electrons. The second-order valence-corrected chi connectivity index (χ2v) is 3.45. The Morgan fingerprint density at radius 3 is 2.65 bits per heavy atom. The largest absolute Gasteiger partial charge is 0.481 e. The molecule has 0 aliphatic rings. The minimum absolute atomic E-state index is 0.331. The van der Waals surface area contributed by atoms with Gasteiger partial charge in [0.15, 0.2) is 0 Å².